The summed E-state index contributed by atoms with van der Waals surface area (Å²) in [5, 5.41) is 3.40. The topological polar surface area (TPSA) is 47.3 Å². The van der Waals surface area contributed by atoms with Crippen LogP contribution in [-0.4, -0.2) is 24.7 Å². The summed E-state index contributed by atoms with van der Waals surface area (Å²) in [5.41, 5.74) is 7.52. The van der Waals surface area contributed by atoms with E-state index in [9.17, 15) is 0 Å². The first kappa shape index (κ1) is 14.4. The Hall–Kier alpha value is -0.650. The maximum absolute atomic E-state index is 5.74. The number of rotatable bonds is 6. The lowest BCUT2D eigenvalue weighted by Crippen LogP contribution is -2.26. The molecule has 1 unspecified atom stereocenters. The van der Waals surface area contributed by atoms with Gasteiger partial charge in [0, 0.05) is 28.9 Å². The van der Waals surface area contributed by atoms with E-state index in [1.54, 1.807) is 7.11 Å². The SMILES string of the molecule is CCC(COC)Nc1cccc(Br)c1C(N)=S. The molecule has 94 valence electrons. The third kappa shape index (κ3) is 3.94. The number of halogens is 1. The first-order chi connectivity index (χ1) is 8.10. The van der Waals surface area contributed by atoms with E-state index < -0.39 is 0 Å². The lowest BCUT2D eigenvalue weighted by atomic mass is 10.1. The largest absolute Gasteiger partial charge is 0.389 e. The molecule has 3 N–H and O–H groups in total. The number of anilines is 1. The van der Waals surface area contributed by atoms with E-state index in [1.807, 2.05) is 18.2 Å². The van der Waals surface area contributed by atoms with Crippen LogP contribution in [0.15, 0.2) is 22.7 Å². The van der Waals surface area contributed by atoms with Gasteiger partial charge in [-0.3, -0.25) is 0 Å². The van der Waals surface area contributed by atoms with Crippen LogP contribution in [0.5, 0.6) is 0 Å². The Morgan fingerprint density at radius 2 is 2.29 bits per heavy atom. The standard InChI is InChI=1S/C12H17BrN2OS/c1-3-8(7-16-2)15-10-6-4-5-9(13)11(10)12(14)17/h4-6,8,15H,3,7H2,1-2H3,(H2,14,17). The molecule has 0 amide bonds. The van der Waals surface area contributed by atoms with Crippen molar-refractivity contribution >= 4 is 38.8 Å². The van der Waals surface area contributed by atoms with Crippen LogP contribution in [0, 0.1) is 0 Å². The highest BCUT2D eigenvalue weighted by molar-refractivity contribution is 9.10. The molecule has 0 aromatic heterocycles. The third-order valence-corrected chi connectivity index (χ3v) is 3.35. The quantitative estimate of drug-likeness (QED) is 0.792. The van der Waals surface area contributed by atoms with Crippen LogP contribution in [-0.2, 0) is 4.74 Å². The molecule has 0 saturated carbocycles. The number of nitrogens with one attached hydrogen (secondary N) is 1. The summed E-state index contributed by atoms with van der Waals surface area (Å²) in [7, 11) is 1.69. The molecule has 0 radical (unpaired) electrons. The monoisotopic (exact) mass is 316 g/mol. The van der Waals surface area contributed by atoms with Crippen LogP contribution in [0.4, 0.5) is 5.69 Å². The maximum Gasteiger partial charge on any atom is 0.107 e. The fourth-order valence-electron chi connectivity index (χ4n) is 1.58. The van der Waals surface area contributed by atoms with Gasteiger partial charge in [-0.25, -0.2) is 0 Å². The van der Waals surface area contributed by atoms with Crippen molar-refractivity contribution in [3.63, 3.8) is 0 Å². The molecule has 0 aliphatic carbocycles. The van der Waals surface area contributed by atoms with Gasteiger partial charge in [0.15, 0.2) is 0 Å². The number of thiocarbonyl (C=S) groups is 1. The minimum atomic E-state index is 0.252. The van der Waals surface area contributed by atoms with E-state index in [2.05, 4.69) is 28.2 Å². The summed E-state index contributed by atoms with van der Waals surface area (Å²) in [6.07, 6.45) is 0.969. The Morgan fingerprint density at radius 1 is 1.59 bits per heavy atom. The average molecular weight is 317 g/mol. The Balaban J connectivity index is 2.97. The molecule has 0 fully saturated rings. The summed E-state index contributed by atoms with van der Waals surface area (Å²) >= 11 is 8.53. The fraction of sp³-hybridized carbons (Fsp3) is 0.417. The zero-order valence-electron chi connectivity index (χ0n) is 10.00. The van der Waals surface area contributed by atoms with E-state index in [4.69, 9.17) is 22.7 Å². The number of hydrogen-bond acceptors (Lipinski definition) is 3. The molecule has 17 heavy (non-hydrogen) atoms. The van der Waals surface area contributed by atoms with Gasteiger partial charge in [0.05, 0.1) is 6.61 Å². The van der Waals surface area contributed by atoms with Crippen molar-refractivity contribution in [3.8, 4) is 0 Å². The first-order valence-electron chi connectivity index (χ1n) is 5.44. The first-order valence-corrected chi connectivity index (χ1v) is 6.64. The second-order valence-corrected chi connectivity index (χ2v) is 5.03. The fourth-order valence-corrected chi connectivity index (χ4v) is 2.51. The minimum absolute atomic E-state index is 0.252. The van der Waals surface area contributed by atoms with Gasteiger partial charge in [-0.15, -0.1) is 0 Å². The summed E-state index contributed by atoms with van der Waals surface area (Å²) in [6.45, 7) is 2.76. The maximum atomic E-state index is 5.74. The van der Waals surface area contributed by atoms with Gasteiger partial charge >= 0.3 is 0 Å². The number of ether oxygens (including phenoxy) is 1. The van der Waals surface area contributed by atoms with Crippen molar-refractivity contribution in [2.24, 2.45) is 5.73 Å². The molecule has 0 saturated heterocycles. The third-order valence-electron chi connectivity index (χ3n) is 2.48. The normalized spacial score (nSPS) is 12.2. The molecule has 1 aromatic rings. The molecule has 1 rings (SSSR count). The molecule has 0 aliphatic rings. The van der Waals surface area contributed by atoms with Crippen LogP contribution in [0.25, 0.3) is 0 Å². The Morgan fingerprint density at radius 3 is 2.82 bits per heavy atom. The predicted octanol–water partition coefficient (Wildman–Crippen LogP) is 2.92. The lowest BCUT2D eigenvalue weighted by Gasteiger charge is -2.20. The second-order valence-electron chi connectivity index (χ2n) is 3.73. The molecular formula is C12H17BrN2OS. The Labute approximate surface area is 116 Å². The zero-order valence-corrected chi connectivity index (χ0v) is 12.4. The zero-order chi connectivity index (χ0) is 12.8. The van der Waals surface area contributed by atoms with Crippen LogP contribution in [0.2, 0.25) is 0 Å². The summed E-state index contributed by atoms with van der Waals surface area (Å²) in [4.78, 5) is 0.382. The number of hydrogen-bond donors (Lipinski definition) is 2. The van der Waals surface area contributed by atoms with Gasteiger partial charge in [0.1, 0.15) is 4.99 Å². The van der Waals surface area contributed by atoms with Crippen molar-refractivity contribution in [3.05, 3.63) is 28.2 Å². The summed E-state index contributed by atoms with van der Waals surface area (Å²) < 4.78 is 6.06. The van der Waals surface area contributed by atoms with Crippen LogP contribution < -0.4 is 11.1 Å². The molecule has 1 atom stereocenters. The van der Waals surface area contributed by atoms with E-state index in [1.165, 1.54) is 0 Å². The van der Waals surface area contributed by atoms with Gasteiger partial charge < -0.3 is 15.8 Å². The predicted molar refractivity (Wildman–Crippen MR) is 79.6 cm³/mol. The summed E-state index contributed by atoms with van der Waals surface area (Å²) in [5.74, 6) is 0. The highest BCUT2D eigenvalue weighted by Crippen LogP contribution is 2.25. The average Bonchev–Trinajstić information content (AvgIpc) is 2.28. The molecule has 3 nitrogen and oxygen atoms in total. The number of benzene rings is 1. The lowest BCUT2D eigenvalue weighted by molar-refractivity contribution is 0.184. The van der Waals surface area contributed by atoms with Crippen LogP contribution in [0.1, 0.15) is 18.9 Å². The molecule has 0 spiro atoms. The van der Waals surface area contributed by atoms with Gasteiger partial charge in [0.25, 0.3) is 0 Å². The van der Waals surface area contributed by atoms with E-state index >= 15 is 0 Å². The van der Waals surface area contributed by atoms with E-state index in [-0.39, 0.29) is 6.04 Å². The molecular weight excluding hydrogens is 300 g/mol. The van der Waals surface area contributed by atoms with Crippen molar-refractivity contribution in [2.45, 2.75) is 19.4 Å². The number of methoxy groups -OCH3 is 1. The van der Waals surface area contributed by atoms with Crippen LogP contribution in [0.3, 0.4) is 0 Å². The summed E-state index contributed by atoms with van der Waals surface area (Å²) in [6, 6.07) is 6.10. The number of nitrogens with two attached hydrogens (primary N) is 1. The minimum Gasteiger partial charge on any atom is -0.389 e. The van der Waals surface area contributed by atoms with Gasteiger partial charge in [-0.2, -0.15) is 0 Å². The molecule has 5 heteroatoms. The van der Waals surface area contributed by atoms with E-state index in [0.717, 1.165) is 22.1 Å². The molecule has 0 aliphatic heterocycles. The van der Waals surface area contributed by atoms with Crippen molar-refractivity contribution in [2.75, 3.05) is 19.0 Å². The smallest absolute Gasteiger partial charge is 0.107 e. The highest BCUT2D eigenvalue weighted by atomic mass is 79.9. The van der Waals surface area contributed by atoms with Gasteiger partial charge in [-0.1, -0.05) is 25.2 Å². The van der Waals surface area contributed by atoms with Crippen molar-refractivity contribution in [1.29, 1.82) is 0 Å². The van der Waals surface area contributed by atoms with Crippen molar-refractivity contribution < 1.29 is 4.74 Å². The highest BCUT2D eigenvalue weighted by Gasteiger charge is 2.12. The Kier molecular flexibility index (Phi) is 5.88. The van der Waals surface area contributed by atoms with Crippen molar-refractivity contribution in [1.82, 2.24) is 0 Å². The Bertz CT molecular complexity index is 398. The van der Waals surface area contributed by atoms with E-state index in [0.29, 0.717) is 11.6 Å². The molecule has 0 bridgehead atoms. The van der Waals surface area contributed by atoms with Gasteiger partial charge in [0.2, 0.25) is 0 Å². The van der Waals surface area contributed by atoms with Crippen LogP contribution >= 0.6 is 28.1 Å². The molecule has 0 heterocycles. The second kappa shape index (κ2) is 6.93. The molecule has 1 aromatic carbocycles. The van der Waals surface area contributed by atoms with Gasteiger partial charge in [-0.05, 0) is 34.5 Å².